The van der Waals surface area contributed by atoms with Crippen molar-refractivity contribution in [1.29, 1.82) is 0 Å². The molecule has 37 heavy (non-hydrogen) atoms. The largest absolute Gasteiger partial charge is 0.508 e. The number of benzene rings is 4. The molecule has 0 spiro atoms. The number of phenols is 1. The summed E-state index contributed by atoms with van der Waals surface area (Å²) in [6.07, 6.45) is 2.25. The molecule has 0 unspecified atom stereocenters. The van der Waals surface area contributed by atoms with E-state index in [1.807, 2.05) is 79.9 Å². The maximum Gasteiger partial charge on any atom is 0.310 e. The number of nitrogens with zero attached hydrogens (tertiary/aromatic N) is 1. The molecule has 0 saturated carbocycles. The number of fused-ring (bicyclic) bond motifs is 1. The number of rotatable bonds is 9. The molecule has 0 amide bonds. The minimum Gasteiger partial charge on any atom is -0.508 e. The number of carbonyl (C=O) groups excluding carboxylic acids is 1. The molecule has 5 aromatic rings. The molecule has 0 aliphatic heterocycles. The summed E-state index contributed by atoms with van der Waals surface area (Å²) in [5.41, 5.74) is 6.12. The number of hydrogen-bond acceptors (Lipinski definition) is 4. The van der Waals surface area contributed by atoms with Gasteiger partial charge in [0.25, 0.3) is 0 Å². The average Bonchev–Trinajstić information content (AvgIpc) is 3.25. The highest BCUT2D eigenvalue weighted by molar-refractivity contribution is 5.91. The summed E-state index contributed by atoms with van der Waals surface area (Å²) < 4.78 is 13.3. The van der Waals surface area contributed by atoms with E-state index in [0.29, 0.717) is 19.8 Å². The number of carbonyl (C=O) groups is 1. The molecule has 0 radical (unpaired) electrons. The van der Waals surface area contributed by atoms with E-state index in [1.165, 1.54) is 0 Å². The van der Waals surface area contributed by atoms with Crippen LogP contribution in [0.5, 0.6) is 11.5 Å². The van der Waals surface area contributed by atoms with Crippen molar-refractivity contribution in [2.75, 3.05) is 6.61 Å². The van der Waals surface area contributed by atoms with E-state index >= 15 is 0 Å². The van der Waals surface area contributed by atoms with E-state index in [2.05, 4.69) is 22.8 Å². The summed E-state index contributed by atoms with van der Waals surface area (Å²) in [4.78, 5) is 12.3. The van der Waals surface area contributed by atoms with Crippen molar-refractivity contribution >= 4 is 16.9 Å². The molecule has 1 heterocycles. The minimum atomic E-state index is -0.237. The molecule has 4 aromatic carbocycles. The summed E-state index contributed by atoms with van der Waals surface area (Å²) in [6.45, 7) is 3.34. The van der Waals surface area contributed by atoms with Crippen molar-refractivity contribution in [3.8, 4) is 22.6 Å². The molecule has 0 aliphatic carbocycles. The first kappa shape index (κ1) is 24.2. The summed E-state index contributed by atoms with van der Waals surface area (Å²) in [7, 11) is 0. The number of hydrogen-bond donors (Lipinski definition) is 1. The quantitative estimate of drug-likeness (QED) is 0.232. The SMILES string of the molecule is CCOC(=O)Cc1cn(Cc2ccc(OCc3ccccc3)cc2)c2cc(-c3cccc(O)c3)ccc12. The molecule has 5 heteroatoms. The second kappa shape index (κ2) is 11.0. The van der Waals surface area contributed by atoms with Gasteiger partial charge in [-0.25, -0.2) is 0 Å². The van der Waals surface area contributed by atoms with Gasteiger partial charge in [-0.3, -0.25) is 4.79 Å². The predicted octanol–water partition coefficient (Wildman–Crippen LogP) is 6.75. The first-order chi connectivity index (χ1) is 18.1. The number of aromatic hydroxyl groups is 1. The Balaban J connectivity index is 1.42. The Bertz CT molecular complexity index is 1500. The van der Waals surface area contributed by atoms with Crippen LogP contribution in [0.25, 0.3) is 22.0 Å². The van der Waals surface area contributed by atoms with E-state index < -0.39 is 0 Å². The molecule has 0 bridgehead atoms. The maximum absolute atomic E-state index is 12.3. The lowest BCUT2D eigenvalue weighted by Gasteiger charge is -2.10. The molecule has 0 atom stereocenters. The van der Waals surface area contributed by atoms with Crippen LogP contribution in [0.4, 0.5) is 0 Å². The Kier molecular flexibility index (Phi) is 7.22. The van der Waals surface area contributed by atoms with Crippen LogP contribution in [0.1, 0.15) is 23.6 Å². The Labute approximate surface area is 216 Å². The zero-order chi connectivity index (χ0) is 25.6. The van der Waals surface area contributed by atoms with Gasteiger partial charge in [-0.2, -0.15) is 0 Å². The number of esters is 1. The summed E-state index contributed by atoms with van der Waals surface area (Å²) in [5, 5.41) is 11.0. The Morgan fingerprint density at radius 3 is 2.38 bits per heavy atom. The van der Waals surface area contributed by atoms with Crippen molar-refractivity contribution in [2.45, 2.75) is 26.5 Å². The van der Waals surface area contributed by atoms with Crippen LogP contribution < -0.4 is 4.74 Å². The normalized spacial score (nSPS) is 10.9. The highest BCUT2D eigenvalue weighted by Crippen LogP contribution is 2.30. The lowest BCUT2D eigenvalue weighted by Crippen LogP contribution is -2.07. The third-order valence-corrected chi connectivity index (χ3v) is 6.31. The lowest BCUT2D eigenvalue weighted by molar-refractivity contribution is -0.142. The fraction of sp³-hybridized carbons (Fsp3) is 0.156. The molecule has 0 aliphatic rings. The summed E-state index contributed by atoms with van der Waals surface area (Å²) in [6, 6.07) is 31.6. The molecule has 5 nitrogen and oxygen atoms in total. The van der Waals surface area contributed by atoms with E-state index in [1.54, 1.807) is 12.1 Å². The fourth-order valence-electron chi connectivity index (χ4n) is 4.50. The fourth-order valence-corrected chi connectivity index (χ4v) is 4.50. The third-order valence-electron chi connectivity index (χ3n) is 6.31. The summed E-state index contributed by atoms with van der Waals surface area (Å²) >= 11 is 0. The van der Waals surface area contributed by atoms with Crippen LogP contribution in [0, 0.1) is 0 Å². The molecule has 186 valence electrons. The Hall–Kier alpha value is -4.51. The summed E-state index contributed by atoms with van der Waals surface area (Å²) in [5.74, 6) is 0.809. The van der Waals surface area contributed by atoms with E-state index in [4.69, 9.17) is 9.47 Å². The van der Waals surface area contributed by atoms with Crippen molar-refractivity contribution < 1.29 is 19.4 Å². The smallest absolute Gasteiger partial charge is 0.310 e. The average molecular weight is 492 g/mol. The van der Waals surface area contributed by atoms with Crippen molar-refractivity contribution in [2.24, 2.45) is 0 Å². The number of aromatic nitrogens is 1. The molecular formula is C32H29NO4. The molecular weight excluding hydrogens is 462 g/mol. The van der Waals surface area contributed by atoms with Gasteiger partial charge < -0.3 is 19.1 Å². The van der Waals surface area contributed by atoms with Gasteiger partial charge in [-0.15, -0.1) is 0 Å². The van der Waals surface area contributed by atoms with Gasteiger partial charge in [0.1, 0.15) is 18.1 Å². The second-order valence-electron chi connectivity index (χ2n) is 8.96. The second-order valence-corrected chi connectivity index (χ2v) is 8.96. The van der Waals surface area contributed by atoms with Crippen molar-refractivity contribution in [1.82, 2.24) is 4.57 Å². The van der Waals surface area contributed by atoms with Crippen LogP contribution in [0.15, 0.2) is 103 Å². The molecule has 5 rings (SSSR count). The van der Waals surface area contributed by atoms with Gasteiger partial charge in [0.15, 0.2) is 0 Å². The predicted molar refractivity (Wildman–Crippen MR) is 146 cm³/mol. The molecule has 1 aromatic heterocycles. The van der Waals surface area contributed by atoms with Gasteiger partial charge in [0.2, 0.25) is 0 Å². The zero-order valence-corrected chi connectivity index (χ0v) is 20.8. The van der Waals surface area contributed by atoms with Crippen LogP contribution in [0.2, 0.25) is 0 Å². The molecule has 0 saturated heterocycles. The first-order valence-corrected chi connectivity index (χ1v) is 12.4. The lowest BCUT2D eigenvalue weighted by atomic mass is 10.0. The third kappa shape index (κ3) is 5.84. The maximum atomic E-state index is 12.3. The molecule has 1 N–H and O–H groups in total. The van der Waals surface area contributed by atoms with Gasteiger partial charge in [0, 0.05) is 23.6 Å². The van der Waals surface area contributed by atoms with Crippen molar-refractivity contribution in [3.05, 3.63) is 120 Å². The van der Waals surface area contributed by atoms with Crippen LogP contribution in [-0.4, -0.2) is 22.2 Å². The van der Waals surface area contributed by atoms with Crippen LogP contribution in [-0.2, 0) is 29.1 Å². The topological polar surface area (TPSA) is 60.7 Å². The van der Waals surface area contributed by atoms with Gasteiger partial charge in [-0.1, -0.05) is 66.7 Å². The zero-order valence-electron chi connectivity index (χ0n) is 20.8. The van der Waals surface area contributed by atoms with Gasteiger partial charge in [-0.05, 0) is 65.1 Å². The monoisotopic (exact) mass is 491 g/mol. The van der Waals surface area contributed by atoms with Gasteiger partial charge in [0.05, 0.1) is 13.0 Å². The highest BCUT2D eigenvalue weighted by Gasteiger charge is 2.14. The van der Waals surface area contributed by atoms with E-state index in [0.717, 1.165) is 44.5 Å². The number of phenolic OH excluding ortho intramolecular Hbond substituents is 1. The Morgan fingerprint density at radius 2 is 1.62 bits per heavy atom. The minimum absolute atomic E-state index is 0.217. The first-order valence-electron chi connectivity index (χ1n) is 12.4. The Morgan fingerprint density at radius 1 is 0.838 bits per heavy atom. The van der Waals surface area contributed by atoms with Crippen LogP contribution in [0.3, 0.4) is 0 Å². The van der Waals surface area contributed by atoms with E-state index in [-0.39, 0.29) is 18.1 Å². The highest BCUT2D eigenvalue weighted by atomic mass is 16.5. The molecule has 0 fully saturated rings. The number of ether oxygens (including phenoxy) is 2. The van der Waals surface area contributed by atoms with Gasteiger partial charge >= 0.3 is 5.97 Å². The van der Waals surface area contributed by atoms with Crippen LogP contribution >= 0.6 is 0 Å². The van der Waals surface area contributed by atoms with Crippen molar-refractivity contribution in [3.63, 3.8) is 0 Å². The van der Waals surface area contributed by atoms with E-state index in [9.17, 15) is 9.90 Å². The standard InChI is InChI=1S/C32H29NO4/c1-2-36-32(35)19-27-21-33(31-18-26(13-16-30(27)31)25-9-6-10-28(34)17-25)20-23-11-14-29(15-12-23)37-22-24-7-4-3-5-8-24/h3-18,21,34H,2,19-20,22H2,1H3.